The van der Waals surface area contributed by atoms with Crippen molar-refractivity contribution in [2.75, 3.05) is 33.9 Å². The molecule has 5 heterocycles. The van der Waals surface area contributed by atoms with Gasteiger partial charge in [0.15, 0.2) is 0 Å². The van der Waals surface area contributed by atoms with E-state index in [1.807, 2.05) is 30.3 Å². The number of carbonyl (C=O) groups is 3. The molecular weight excluding hydrogens is 803 g/mol. The van der Waals surface area contributed by atoms with E-state index >= 15 is 0 Å². The maximum atomic E-state index is 13.4. The van der Waals surface area contributed by atoms with Gasteiger partial charge >= 0.3 is 6.09 Å². The van der Waals surface area contributed by atoms with E-state index in [2.05, 4.69) is 21.6 Å². The SMILES string of the molecule is COc1cc(-c2nccc(-c3cccc(-c4cc(Cl)c(CN(C[C@@H]5CCC(=O)N5)C(=O)OC(C)(C)C)c(OC)n4)c3Cl)c2Cl)cc2c1CN(C[C@@H]1CCC(=O)N1)CC2. The van der Waals surface area contributed by atoms with Crippen molar-refractivity contribution in [2.45, 2.75) is 83.6 Å². The Bertz CT molecular complexity index is 2230. The highest BCUT2D eigenvalue weighted by Gasteiger charge is 2.31. The fourth-order valence-corrected chi connectivity index (χ4v) is 8.74. The predicted molar refractivity (Wildman–Crippen MR) is 224 cm³/mol. The minimum atomic E-state index is -0.738. The molecule has 4 aromatic rings. The number of halogens is 3. The zero-order chi connectivity index (χ0) is 41.3. The third kappa shape index (κ3) is 9.15. The Hall–Kier alpha value is -4.62. The van der Waals surface area contributed by atoms with Gasteiger partial charge < -0.3 is 29.7 Å². The van der Waals surface area contributed by atoms with Gasteiger partial charge in [-0.05, 0) is 69.9 Å². The molecule has 0 spiro atoms. The summed E-state index contributed by atoms with van der Waals surface area (Å²) in [6.07, 6.45) is 4.42. The highest BCUT2D eigenvalue weighted by molar-refractivity contribution is 6.39. The number of hydrogen-bond donors (Lipinski definition) is 2. The second-order valence-electron chi connectivity index (χ2n) is 15.9. The summed E-state index contributed by atoms with van der Waals surface area (Å²) < 4.78 is 17.4. The first-order valence-corrected chi connectivity index (χ1v) is 20.5. The van der Waals surface area contributed by atoms with E-state index in [1.165, 1.54) is 17.6 Å². The highest BCUT2D eigenvalue weighted by Crippen LogP contribution is 2.44. The van der Waals surface area contributed by atoms with Gasteiger partial charge in [-0.15, -0.1) is 0 Å². The molecule has 3 aliphatic rings. The van der Waals surface area contributed by atoms with E-state index in [9.17, 15) is 14.4 Å². The molecule has 15 heteroatoms. The Morgan fingerprint density at radius 1 is 0.914 bits per heavy atom. The van der Waals surface area contributed by atoms with Crippen molar-refractivity contribution in [2.24, 2.45) is 0 Å². The first-order valence-electron chi connectivity index (χ1n) is 19.4. The molecule has 2 saturated heterocycles. The maximum Gasteiger partial charge on any atom is 0.410 e. The zero-order valence-corrected chi connectivity index (χ0v) is 35.5. The molecule has 2 aromatic carbocycles. The van der Waals surface area contributed by atoms with Gasteiger partial charge in [-0.1, -0.05) is 53.0 Å². The van der Waals surface area contributed by atoms with E-state index in [0.717, 1.165) is 49.4 Å². The number of benzene rings is 2. The molecule has 12 nitrogen and oxygen atoms in total. The van der Waals surface area contributed by atoms with Crippen LogP contribution in [0.2, 0.25) is 15.1 Å². The number of nitrogens with zero attached hydrogens (tertiary/aromatic N) is 4. The van der Waals surface area contributed by atoms with Crippen LogP contribution in [0.25, 0.3) is 33.6 Å². The normalized spacial score (nSPS) is 18.1. The Labute approximate surface area is 353 Å². The van der Waals surface area contributed by atoms with Gasteiger partial charge in [0.2, 0.25) is 17.7 Å². The standard InChI is InChI=1S/C43H47Cl3N6O6/c1-43(2,3)58-42(55)52(21-27-10-12-37(54)49-27)23-32-33(44)19-34(50-41(32)57-5)30-8-6-7-28(38(30)45)29-13-15-47-40(39(29)46)25-17-24-14-16-51(20-26-9-11-36(53)48-26)22-31(24)35(18-25)56-4/h6-8,13,15,17-19,26-27H,9-12,14,16,20-23H2,1-5H3,(H,48,53)(H,49,54)/t26-,27-/m0/s1. The number of nitrogens with one attached hydrogen (secondary N) is 2. The molecule has 0 bridgehead atoms. The number of amides is 3. The number of carbonyl (C=O) groups excluding carboxylic acids is 3. The average molecular weight is 850 g/mol. The molecule has 0 unspecified atom stereocenters. The van der Waals surface area contributed by atoms with E-state index in [1.54, 1.807) is 40.1 Å². The molecule has 0 saturated carbocycles. The number of hydrogen-bond acceptors (Lipinski definition) is 9. The van der Waals surface area contributed by atoms with Crippen molar-refractivity contribution >= 4 is 52.7 Å². The Morgan fingerprint density at radius 2 is 1.62 bits per heavy atom. The lowest BCUT2D eigenvalue weighted by Gasteiger charge is -2.32. The minimum Gasteiger partial charge on any atom is -0.496 e. The van der Waals surface area contributed by atoms with Crippen molar-refractivity contribution in [3.8, 4) is 45.3 Å². The van der Waals surface area contributed by atoms with Crippen LogP contribution in [0.4, 0.5) is 4.79 Å². The monoisotopic (exact) mass is 848 g/mol. The first-order chi connectivity index (χ1) is 27.7. The van der Waals surface area contributed by atoms with Crippen LogP contribution < -0.4 is 20.1 Å². The smallest absolute Gasteiger partial charge is 0.410 e. The third-order valence-electron chi connectivity index (χ3n) is 10.6. The fraction of sp³-hybridized carbons (Fsp3) is 0.419. The average Bonchev–Trinajstić information content (AvgIpc) is 3.80. The maximum absolute atomic E-state index is 13.4. The molecule has 58 heavy (non-hydrogen) atoms. The summed E-state index contributed by atoms with van der Waals surface area (Å²) in [4.78, 5) is 50.5. The largest absolute Gasteiger partial charge is 0.496 e. The molecule has 0 aliphatic carbocycles. The predicted octanol–water partition coefficient (Wildman–Crippen LogP) is 8.11. The number of ether oxygens (including phenoxy) is 3. The number of aromatic nitrogens is 2. The summed E-state index contributed by atoms with van der Waals surface area (Å²) in [5.41, 5.74) is 5.86. The van der Waals surface area contributed by atoms with Gasteiger partial charge in [0, 0.05) is 85.1 Å². The molecule has 7 rings (SSSR count). The van der Waals surface area contributed by atoms with Gasteiger partial charge in [-0.25, -0.2) is 9.78 Å². The minimum absolute atomic E-state index is 0.0333. The third-order valence-corrected chi connectivity index (χ3v) is 11.8. The summed E-state index contributed by atoms with van der Waals surface area (Å²) in [6.45, 7) is 8.03. The van der Waals surface area contributed by atoms with E-state index in [-0.39, 0.29) is 42.9 Å². The number of methoxy groups -OCH3 is 2. The van der Waals surface area contributed by atoms with Crippen molar-refractivity contribution < 1.29 is 28.6 Å². The molecule has 3 aliphatic heterocycles. The quantitative estimate of drug-likeness (QED) is 0.154. The van der Waals surface area contributed by atoms with Gasteiger partial charge in [-0.3, -0.25) is 19.5 Å². The summed E-state index contributed by atoms with van der Waals surface area (Å²) in [5.74, 6) is 1.04. The van der Waals surface area contributed by atoms with Crippen molar-refractivity contribution in [1.82, 2.24) is 30.4 Å². The molecule has 2 aromatic heterocycles. The Morgan fingerprint density at radius 3 is 2.29 bits per heavy atom. The summed E-state index contributed by atoms with van der Waals surface area (Å²) >= 11 is 21.4. The lowest BCUT2D eigenvalue weighted by molar-refractivity contribution is -0.120. The second kappa shape index (κ2) is 17.3. The Balaban J connectivity index is 1.17. The molecule has 2 atom stereocenters. The van der Waals surface area contributed by atoms with Crippen LogP contribution in [0.5, 0.6) is 11.6 Å². The number of pyridine rings is 2. The summed E-state index contributed by atoms with van der Waals surface area (Å²) in [6, 6.07) is 13.2. The topological polar surface area (TPSA) is 135 Å². The van der Waals surface area contributed by atoms with Gasteiger partial charge in [-0.2, -0.15) is 0 Å². The van der Waals surface area contributed by atoms with Crippen LogP contribution in [0.1, 0.15) is 63.1 Å². The lowest BCUT2D eigenvalue weighted by Crippen LogP contribution is -2.43. The highest BCUT2D eigenvalue weighted by atomic mass is 35.5. The van der Waals surface area contributed by atoms with Crippen molar-refractivity contribution in [3.63, 3.8) is 0 Å². The Kier molecular flexibility index (Phi) is 12.4. The molecular formula is C43H47Cl3N6O6. The number of rotatable bonds is 11. The fourth-order valence-electron chi connectivity index (χ4n) is 7.85. The zero-order valence-electron chi connectivity index (χ0n) is 33.2. The lowest BCUT2D eigenvalue weighted by atomic mass is 9.93. The van der Waals surface area contributed by atoms with Crippen molar-refractivity contribution in [3.05, 3.63) is 80.4 Å². The van der Waals surface area contributed by atoms with E-state index in [4.69, 9.17) is 59.0 Å². The van der Waals surface area contributed by atoms with Crippen LogP contribution in [0.15, 0.2) is 48.7 Å². The van der Waals surface area contributed by atoms with Crippen LogP contribution in [0.3, 0.4) is 0 Å². The van der Waals surface area contributed by atoms with Crippen molar-refractivity contribution in [1.29, 1.82) is 0 Å². The van der Waals surface area contributed by atoms with Gasteiger partial charge in [0.25, 0.3) is 0 Å². The molecule has 306 valence electrons. The van der Waals surface area contributed by atoms with Gasteiger partial charge in [0.05, 0.1) is 52.8 Å². The first kappa shape index (κ1) is 41.5. The number of fused-ring (bicyclic) bond motifs is 1. The van der Waals surface area contributed by atoms with E-state index in [0.29, 0.717) is 68.0 Å². The van der Waals surface area contributed by atoms with Crippen LogP contribution in [-0.2, 0) is 33.8 Å². The summed E-state index contributed by atoms with van der Waals surface area (Å²) in [7, 11) is 3.16. The molecule has 2 N–H and O–H groups in total. The van der Waals surface area contributed by atoms with Crippen LogP contribution in [-0.4, -0.2) is 89.2 Å². The van der Waals surface area contributed by atoms with E-state index < -0.39 is 11.7 Å². The van der Waals surface area contributed by atoms with Crippen LogP contribution in [0, 0.1) is 0 Å². The summed E-state index contributed by atoms with van der Waals surface area (Å²) in [5, 5.41) is 7.13. The van der Waals surface area contributed by atoms with Gasteiger partial charge in [0.1, 0.15) is 11.4 Å². The van der Waals surface area contributed by atoms with Crippen LogP contribution >= 0.6 is 34.8 Å². The molecule has 3 amide bonds. The molecule has 0 radical (unpaired) electrons. The molecule has 2 fully saturated rings. The second-order valence-corrected chi connectivity index (χ2v) is 17.1.